The number of hydrogen-bond acceptors (Lipinski definition) is 2. The van der Waals surface area contributed by atoms with E-state index in [1.807, 2.05) is 12.1 Å². The van der Waals surface area contributed by atoms with Crippen molar-refractivity contribution in [3.8, 4) is 5.75 Å². The zero-order valence-corrected chi connectivity index (χ0v) is 10.5. The topological polar surface area (TPSA) is 21.3 Å². The van der Waals surface area contributed by atoms with Crippen molar-refractivity contribution in [3.63, 3.8) is 0 Å². The van der Waals surface area contributed by atoms with Gasteiger partial charge in [0.05, 0.1) is 6.04 Å². The Morgan fingerprint density at radius 2 is 1.89 bits per heavy atom. The number of fused-ring (bicyclic) bond motifs is 1. The summed E-state index contributed by atoms with van der Waals surface area (Å²) >= 11 is 0. The minimum absolute atomic E-state index is 0.308. The van der Waals surface area contributed by atoms with Gasteiger partial charge in [-0.2, -0.15) is 0 Å². The summed E-state index contributed by atoms with van der Waals surface area (Å²) in [6.07, 6.45) is 0. The standard InChI is InChI=1S/C16H17NO/c1-12-6-8-14(9-7-12)18-11-16-15-5-3-2-4-13(15)10-17-16/h2-9,16-17H,10-11H2,1H3. The lowest BCUT2D eigenvalue weighted by Gasteiger charge is -2.13. The predicted molar refractivity (Wildman–Crippen MR) is 72.7 cm³/mol. The van der Waals surface area contributed by atoms with E-state index in [9.17, 15) is 0 Å². The molecule has 0 spiro atoms. The average molecular weight is 239 g/mol. The molecule has 0 amide bonds. The molecule has 2 nitrogen and oxygen atoms in total. The van der Waals surface area contributed by atoms with Crippen LogP contribution in [0.1, 0.15) is 22.7 Å². The van der Waals surface area contributed by atoms with E-state index < -0.39 is 0 Å². The Morgan fingerprint density at radius 1 is 1.11 bits per heavy atom. The molecule has 1 atom stereocenters. The molecule has 2 heteroatoms. The molecule has 1 aliphatic rings. The van der Waals surface area contributed by atoms with Crippen molar-refractivity contribution in [1.29, 1.82) is 0 Å². The third-order valence-corrected chi connectivity index (χ3v) is 3.41. The second kappa shape index (κ2) is 4.83. The third kappa shape index (κ3) is 2.24. The van der Waals surface area contributed by atoms with Crippen LogP contribution in [0.2, 0.25) is 0 Å². The first-order valence-electron chi connectivity index (χ1n) is 6.33. The first-order valence-corrected chi connectivity index (χ1v) is 6.33. The summed E-state index contributed by atoms with van der Waals surface area (Å²) in [6, 6.07) is 17.0. The Labute approximate surface area is 108 Å². The highest BCUT2D eigenvalue weighted by Gasteiger charge is 2.21. The van der Waals surface area contributed by atoms with Crippen molar-refractivity contribution >= 4 is 0 Å². The van der Waals surface area contributed by atoms with E-state index in [1.54, 1.807) is 0 Å². The van der Waals surface area contributed by atoms with Crippen molar-refractivity contribution in [2.75, 3.05) is 6.61 Å². The molecular formula is C16H17NO. The smallest absolute Gasteiger partial charge is 0.119 e. The largest absolute Gasteiger partial charge is 0.492 e. The molecule has 0 saturated heterocycles. The van der Waals surface area contributed by atoms with E-state index in [0.717, 1.165) is 12.3 Å². The van der Waals surface area contributed by atoms with E-state index >= 15 is 0 Å². The molecule has 3 rings (SSSR count). The normalized spacial score (nSPS) is 17.5. The average Bonchev–Trinajstić information content (AvgIpc) is 2.82. The molecule has 0 bridgehead atoms. The molecule has 1 aliphatic heterocycles. The van der Waals surface area contributed by atoms with Gasteiger partial charge < -0.3 is 10.1 Å². The second-order valence-electron chi connectivity index (χ2n) is 4.76. The summed E-state index contributed by atoms with van der Waals surface area (Å²) in [7, 11) is 0. The summed E-state index contributed by atoms with van der Waals surface area (Å²) in [5.41, 5.74) is 4.01. The molecule has 1 N–H and O–H groups in total. The number of benzene rings is 2. The Hall–Kier alpha value is -1.80. The van der Waals surface area contributed by atoms with Gasteiger partial charge in [-0.05, 0) is 30.2 Å². The molecule has 0 saturated carbocycles. The third-order valence-electron chi connectivity index (χ3n) is 3.41. The van der Waals surface area contributed by atoms with Crippen molar-refractivity contribution < 1.29 is 4.74 Å². The van der Waals surface area contributed by atoms with Gasteiger partial charge in [-0.3, -0.25) is 0 Å². The van der Waals surface area contributed by atoms with Crippen LogP contribution in [-0.4, -0.2) is 6.61 Å². The summed E-state index contributed by atoms with van der Waals surface area (Å²) in [6.45, 7) is 3.71. The Morgan fingerprint density at radius 3 is 2.72 bits per heavy atom. The van der Waals surface area contributed by atoms with Crippen LogP contribution in [-0.2, 0) is 6.54 Å². The van der Waals surface area contributed by atoms with E-state index in [4.69, 9.17) is 4.74 Å². The molecule has 2 aromatic carbocycles. The van der Waals surface area contributed by atoms with Gasteiger partial charge in [0.1, 0.15) is 12.4 Å². The van der Waals surface area contributed by atoms with Crippen LogP contribution in [0, 0.1) is 6.92 Å². The molecule has 0 radical (unpaired) electrons. The summed E-state index contributed by atoms with van der Waals surface area (Å²) in [4.78, 5) is 0. The lowest BCUT2D eigenvalue weighted by molar-refractivity contribution is 0.273. The fraction of sp³-hybridized carbons (Fsp3) is 0.250. The predicted octanol–water partition coefficient (Wildman–Crippen LogP) is 3.22. The maximum absolute atomic E-state index is 5.84. The summed E-state index contributed by atoms with van der Waals surface area (Å²) in [5.74, 6) is 0.937. The molecule has 0 aromatic heterocycles. The van der Waals surface area contributed by atoms with Crippen LogP contribution >= 0.6 is 0 Å². The van der Waals surface area contributed by atoms with Crippen LogP contribution in [0.4, 0.5) is 0 Å². The SMILES string of the molecule is Cc1ccc(OCC2NCc3ccccc32)cc1. The van der Waals surface area contributed by atoms with Crippen LogP contribution in [0.3, 0.4) is 0 Å². The quantitative estimate of drug-likeness (QED) is 0.888. The van der Waals surface area contributed by atoms with Gasteiger partial charge in [0.15, 0.2) is 0 Å². The van der Waals surface area contributed by atoms with Crippen molar-refractivity contribution in [3.05, 3.63) is 65.2 Å². The molecule has 18 heavy (non-hydrogen) atoms. The molecule has 1 unspecified atom stereocenters. The first kappa shape index (κ1) is 11.3. The monoisotopic (exact) mass is 239 g/mol. The van der Waals surface area contributed by atoms with Gasteiger partial charge in [0, 0.05) is 6.54 Å². The van der Waals surface area contributed by atoms with Gasteiger partial charge in [0.25, 0.3) is 0 Å². The van der Waals surface area contributed by atoms with E-state index in [-0.39, 0.29) is 0 Å². The zero-order chi connectivity index (χ0) is 12.4. The summed E-state index contributed by atoms with van der Waals surface area (Å²) in [5, 5.41) is 3.48. The maximum Gasteiger partial charge on any atom is 0.119 e. The number of ether oxygens (including phenoxy) is 1. The van der Waals surface area contributed by atoms with Crippen LogP contribution in [0.15, 0.2) is 48.5 Å². The Kier molecular flexibility index (Phi) is 3.03. The van der Waals surface area contributed by atoms with Crippen molar-refractivity contribution in [1.82, 2.24) is 5.32 Å². The van der Waals surface area contributed by atoms with Crippen LogP contribution in [0.5, 0.6) is 5.75 Å². The fourth-order valence-electron chi connectivity index (χ4n) is 2.34. The highest BCUT2D eigenvalue weighted by atomic mass is 16.5. The maximum atomic E-state index is 5.84. The van der Waals surface area contributed by atoms with Crippen LogP contribution < -0.4 is 10.1 Å². The fourth-order valence-corrected chi connectivity index (χ4v) is 2.34. The van der Waals surface area contributed by atoms with Gasteiger partial charge in [-0.15, -0.1) is 0 Å². The Balaban J connectivity index is 1.67. The zero-order valence-electron chi connectivity index (χ0n) is 10.5. The van der Waals surface area contributed by atoms with Crippen LogP contribution in [0.25, 0.3) is 0 Å². The van der Waals surface area contributed by atoms with E-state index in [2.05, 4.69) is 48.6 Å². The number of nitrogens with one attached hydrogen (secondary N) is 1. The lowest BCUT2D eigenvalue weighted by Crippen LogP contribution is -2.19. The van der Waals surface area contributed by atoms with Crippen molar-refractivity contribution in [2.45, 2.75) is 19.5 Å². The van der Waals surface area contributed by atoms with Gasteiger partial charge in [0.2, 0.25) is 0 Å². The van der Waals surface area contributed by atoms with Crippen molar-refractivity contribution in [2.24, 2.45) is 0 Å². The second-order valence-corrected chi connectivity index (χ2v) is 4.76. The van der Waals surface area contributed by atoms with E-state index in [0.29, 0.717) is 12.6 Å². The minimum atomic E-state index is 0.308. The molecular weight excluding hydrogens is 222 g/mol. The molecule has 92 valence electrons. The molecule has 0 fully saturated rings. The molecule has 0 aliphatic carbocycles. The Bertz CT molecular complexity index is 533. The molecule has 1 heterocycles. The van der Waals surface area contributed by atoms with Gasteiger partial charge >= 0.3 is 0 Å². The molecule has 2 aromatic rings. The number of hydrogen-bond donors (Lipinski definition) is 1. The first-order chi connectivity index (χ1) is 8.83. The van der Waals surface area contributed by atoms with E-state index in [1.165, 1.54) is 16.7 Å². The van der Waals surface area contributed by atoms with Gasteiger partial charge in [-0.25, -0.2) is 0 Å². The van der Waals surface area contributed by atoms with Gasteiger partial charge in [-0.1, -0.05) is 42.0 Å². The number of aryl methyl sites for hydroxylation is 1. The lowest BCUT2D eigenvalue weighted by atomic mass is 10.1. The number of rotatable bonds is 3. The minimum Gasteiger partial charge on any atom is -0.492 e. The summed E-state index contributed by atoms with van der Waals surface area (Å²) < 4.78 is 5.84. The highest BCUT2D eigenvalue weighted by molar-refractivity contribution is 5.34. The highest BCUT2D eigenvalue weighted by Crippen LogP contribution is 2.25.